The molecule has 0 atom stereocenters. The first-order valence-corrected chi connectivity index (χ1v) is 11.5. The molecular weight excluding hydrogens is 412 g/mol. The van der Waals surface area contributed by atoms with Crippen LogP contribution in [0.2, 0.25) is 0 Å². The number of nitrogens with one attached hydrogen (secondary N) is 1. The van der Waals surface area contributed by atoms with Crippen LogP contribution in [-0.4, -0.2) is 45.7 Å². The van der Waals surface area contributed by atoms with Crippen LogP contribution in [-0.2, 0) is 11.8 Å². The average molecular weight is 445 g/mol. The largest absolute Gasteiger partial charge is 0.494 e. The van der Waals surface area contributed by atoms with Crippen LogP contribution < -0.4 is 14.2 Å². The average Bonchev–Trinajstić information content (AvgIpc) is 3.13. The number of carbonyl (C=O) groups excluding carboxylic acids is 1. The molecule has 5 heteroatoms. The second kappa shape index (κ2) is 10.6. The minimum absolute atomic E-state index is 0.0478. The number of ether oxygens (including phenoxy) is 2. The molecule has 1 aliphatic carbocycles. The molecule has 0 spiro atoms. The van der Waals surface area contributed by atoms with E-state index in [0.29, 0.717) is 12.2 Å². The van der Waals surface area contributed by atoms with Crippen molar-refractivity contribution >= 4 is 16.9 Å². The van der Waals surface area contributed by atoms with E-state index >= 15 is 0 Å². The SMILES string of the molecule is CCOc1ccc2c(c1)C(=O)C(c1ccc[n+](C)c1)=C2c1ccccc1.C[NH+]1CCOCC1. The molecular formula is C28H32N2O3+2. The topological polar surface area (TPSA) is 43.8 Å². The minimum Gasteiger partial charge on any atom is -0.494 e. The lowest BCUT2D eigenvalue weighted by atomic mass is 9.95. The molecule has 2 aliphatic rings. The molecule has 1 aromatic heterocycles. The summed E-state index contributed by atoms with van der Waals surface area (Å²) >= 11 is 0. The fourth-order valence-electron chi connectivity index (χ4n) is 4.20. The van der Waals surface area contributed by atoms with Gasteiger partial charge in [0.2, 0.25) is 0 Å². The number of benzene rings is 2. The highest BCUT2D eigenvalue weighted by Crippen LogP contribution is 2.42. The molecule has 0 bridgehead atoms. The van der Waals surface area contributed by atoms with E-state index in [4.69, 9.17) is 9.47 Å². The monoisotopic (exact) mass is 444 g/mol. The Balaban J connectivity index is 0.000000318. The summed E-state index contributed by atoms with van der Waals surface area (Å²) in [6.07, 6.45) is 3.96. The molecule has 0 unspecified atom stereocenters. The number of ketones is 1. The fraction of sp³-hybridized carbons (Fsp3) is 0.286. The highest BCUT2D eigenvalue weighted by molar-refractivity contribution is 6.41. The van der Waals surface area contributed by atoms with Crippen molar-refractivity contribution in [2.24, 2.45) is 7.05 Å². The lowest BCUT2D eigenvalue weighted by Crippen LogP contribution is -3.11. The highest BCUT2D eigenvalue weighted by atomic mass is 16.5. The van der Waals surface area contributed by atoms with Gasteiger partial charge in [-0.1, -0.05) is 30.3 Å². The standard InChI is InChI=1S/C23H20NO2.C5H11NO/c1-3-26-18-11-12-19-20(14-18)23(25)22(17-10-7-13-24(2)15-17)21(19)16-8-5-4-6-9-16;1-6-2-4-7-5-3-6/h4-15H,3H2,1-2H3;2-5H2,1H3/q+1;/p+1. The number of likely N-dealkylation sites (N-methyl/N-ethyl adjacent to an activating group) is 1. The Morgan fingerprint density at radius 2 is 1.67 bits per heavy atom. The van der Waals surface area contributed by atoms with Crippen molar-refractivity contribution in [2.75, 3.05) is 40.0 Å². The van der Waals surface area contributed by atoms with Crippen molar-refractivity contribution in [1.82, 2.24) is 0 Å². The number of fused-ring (bicyclic) bond motifs is 1. The summed E-state index contributed by atoms with van der Waals surface area (Å²) in [5, 5.41) is 0. The summed E-state index contributed by atoms with van der Waals surface area (Å²) in [5.74, 6) is 0.776. The lowest BCUT2D eigenvalue weighted by Gasteiger charge is -2.18. The summed E-state index contributed by atoms with van der Waals surface area (Å²) in [6.45, 7) is 6.78. The van der Waals surface area contributed by atoms with Gasteiger partial charge in [0.05, 0.1) is 32.4 Å². The Morgan fingerprint density at radius 3 is 2.30 bits per heavy atom. The van der Waals surface area contributed by atoms with Gasteiger partial charge in [0.15, 0.2) is 18.2 Å². The third-order valence-corrected chi connectivity index (χ3v) is 5.93. The van der Waals surface area contributed by atoms with Crippen molar-refractivity contribution in [3.05, 3.63) is 95.3 Å². The number of Topliss-reactive ketones (excluding diaryl/α,β-unsaturated/α-hetero) is 1. The molecule has 1 aliphatic heterocycles. The van der Waals surface area contributed by atoms with E-state index in [1.54, 1.807) is 4.90 Å². The second-order valence-corrected chi connectivity index (χ2v) is 8.41. The van der Waals surface area contributed by atoms with Crippen molar-refractivity contribution in [3.63, 3.8) is 0 Å². The van der Waals surface area contributed by atoms with Crippen molar-refractivity contribution in [1.29, 1.82) is 0 Å². The fourth-order valence-corrected chi connectivity index (χ4v) is 4.20. The van der Waals surface area contributed by atoms with Gasteiger partial charge in [-0.2, -0.15) is 0 Å². The van der Waals surface area contributed by atoms with Crippen molar-refractivity contribution in [3.8, 4) is 5.75 Å². The number of quaternary nitrogens is 1. The number of nitrogens with zero attached hydrogens (tertiary/aromatic N) is 1. The van der Waals surface area contributed by atoms with Crippen LogP contribution in [0.1, 0.15) is 34.0 Å². The normalized spacial score (nSPS) is 15.7. The number of hydrogen-bond donors (Lipinski definition) is 1. The highest BCUT2D eigenvalue weighted by Gasteiger charge is 2.32. The zero-order chi connectivity index (χ0) is 23.2. The Morgan fingerprint density at radius 1 is 0.939 bits per heavy atom. The molecule has 1 N–H and O–H groups in total. The molecule has 0 amide bonds. The maximum absolute atomic E-state index is 13.3. The first-order chi connectivity index (χ1) is 16.1. The number of pyridine rings is 1. The van der Waals surface area contributed by atoms with Crippen LogP contribution in [0.3, 0.4) is 0 Å². The van der Waals surface area contributed by atoms with Gasteiger partial charge in [-0.05, 0) is 42.3 Å². The van der Waals surface area contributed by atoms with Gasteiger partial charge in [-0.3, -0.25) is 4.79 Å². The third-order valence-electron chi connectivity index (χ3n) is 5.93. The number of carbonyl (C=O) groups is 1. The molecule has 170 valence electrons. The van der Waals surface area contributed by atoms with Gasteiger partial charge in [-0.25, -0.2) is 4.57 Å². The van der Waals surface area contributed by atoms with Gasteiger partial charge in [0, 0.05) is 22.8 Å². The smallest absolute Gasteiger partial charge is 0.195 e. The van der Waals surface area contributed by atoms with E-state index in [1.165, 1.54) is 13.1 Å². The molecule has 1 fully saturated rings. The number of hydrogen-bond acceptors (Lipinski definition) is 3. The Hall–Kier alpha value is -3.28. The van der Waals surface area contributed by atoms with Crippen LogP contribution in [0.4, 0.5) is 0 Å². The summed E-state index contributed by atoms with van der Waals surface area (Å²) in [6, 6.07) is 19.8. The molecule has 2 aromatic carbocycles. The molecule has 5 nitrogen and oxygen atoms in total. The second-order valence-electron chi connectivity index (χ2n) is 8.41. The van der Waals surface area contributed by atoms with E-state index in [0.717, 1.165) is 46.8 Å². The quantitative estimate of drug-likeness (QED) is 0.629. The first-order valence-electron chi connectivity index (χ1n) is 11.5. The van der Waals surface area contributed by atoms with E-state index in [1.807, 2.05) is 79.5 Å². The van der Waals surface area contributed by atoms with E-state index in [2.05, 4.69) is 19.2 Å². The summed E-state index contributed by atoms with van der Waals surface area (Å²) < 4.78 is 12.7. The van der Waals surface area contributed by atoms with Gasteiger partial charge >= 0.3 is 0 Å². The summed E-state index contributed by atoms with van der Waals surface area (Å²) in [4.78, 5) is 14.9. The third kappa shape index (κ3) is 5.21. The predicted octanol–water partition coefficient (Wildman–Crippen LogP) is 2.60. The van der Waals surface area contributed by atoms with Gasteiger partial charge < -0.3 is 14.4 Å². The van der Waals surface area contributed by atoms with Crippen LogP contribution in [0.5, 0.6) is 5.75 Å². The van der Waals surface area contributed by atoms with Gasteiger partial charge in [0.25, 0.3) is 0 Å². The lowest BCUT2D eigenvalue weighted by molar-refractivity contribution is -0.888. The molecule has 2 heterocycles. The molecule has 33 heavy (non-hydrogen) atoms. The van der Waals surface area contributed by atoms with E-state index in [9.17, 15) is 4.79 Å². The van der Waals surface area contributed by atoms with Crippen molar-refractivity contribution < 1.29 is 23.7 Å². The zero-order valence-corrected chi connectivity index (χ0v) is 19.6. The van der Waals surface area contributed by atoms with Crippen LogP contribution in [0, 0.1) is 0 Å². The van der Waals surface area contributed by atoms with Crippen LogP contribution >= 0.6 is 0 Å². The van der Waals surface area contributed by atoms with Crippen LogP contribution in [0.25, 0.3) is 11.1 Å². The molecule has 5 rings (SSSR count). The maximum atomic E-state index is 13.3. The van der Waals surface area contributed by atoms with Crippen molar-refractivity contribution in [2.45, 2.75) is 6.92 Å². The Kier molecular flexibility index (Phi) is 7.33. The summed E-state index contributed by atoms with van der Waals surface area (Å²) in [5.41, 5.74) is 5.37. The molecule has 0 saturated carbocycles. The molecule has 1 saturated heterocycles. The minimum atomic E-state index is 0.0478. The number of rotatable bonds is 4. The van der Waals surface area contributed by atoms with E-state index < -0.39 is 0 Å². The van der Waals surface area contributed by atoms with E-state index in [-0.39, 0.29) is 5.78 Å². The Bertz CT molecular complexity index is 1150. The zero-order valence-electron chi connectivity index (χ0n) is 19.6. The van der Waals surface area contributed by atoms with Crippen LogP contribution in [0.15, 0.2) is 73.1 Å². The first kappa shape index (κ1) is 22.9. The number of morpholine rings is 1. The maximum Gasteiger partial charge on any atom is 0.195 e. The van der Waals surface area contributed by atoms with Gasteiger partial charge in [-0.15, -0.1) is 0 Å². The molecule has 0 radical (unpaired) electrons. The molecule has 3 aromatic rings. The Labute approximate surface area is 195 Å². The number of aryl methyl sites for hydroxylation is 1. The van der Waals surface area contributed by atoms with Gasteiger partial charge in [0.1, 0.15) is 25.9 Å². The number of allylic oxidation sites excluding steroid dienone is 1. The predicted molar refractivity (Wildman–Crippen MR) is 129 cm³/mol. The summed E-state index contributed by atoms with van der Waals surface area (Å²) in [7, 11) is 4.16. The number of aromatic nitrogens is 1.